The van der Waals surface area contributed by atoms with Crippen LogP contribution in [0.25, 0.3) is 10.4 Å². The largest absolute Gasteiger partial charge is 0.350 e. The fourth-order valence-electron chi connectivity index (χ4n) is 3.58. The van der Waals surface area contributed by atoms with Crippen LogP contribution in [0.3, 0.4) is 0 Å². The number of rotatable bonds is 5. The summed E-state index contributed by atoms with van der Waals surface area (Å²) in [5, 5.41) is 3.03. The lowest BCUT2D eigenvalue weighted by molar-refractivity contribution is -0.143. The first-order valence-corrected chi connectivity index (χ1v) is 11.1. The molecule has 1 aliphatic heterocycles. The molecule has 0 saturated carbocycles. The molecule has 1 aliphatic rings. The maximum absolute atomic E-state index is 12.9. The average Bonchev–Trinajstić information content (AvgIpc) is 3.33. The summed E-state index contributed by atoms with van der Waals surface area (Å²) in [5.74, 6) is -0.0857. The van der Waals surface area contributed by atoms with Crippen molar-refractivity contribution in [2.75, 3.05) is 6.54 Å². The molecule has 2 atom stereocenters. The third kappa shape index (κ3) is 4.86. The zero-order chi connectivity index (χ0) is 21.2. The maximum Gasteiger partial charge on any atom is 0.243 e. The normalized spacial score (nSPS) is 18.0. The highest BCUT2D eigenvalue weighted by Crippen LogP contribution is 2.30. The predicted molar refractivity (Wildman–Crippen MR) is 117 cm³/mol. The van der Waals surface area contributed by atoms with Gasteiger partial charge < -0.3 is 10.2 Å². The topological polar surface area (TPSA) is 62.3 Å². The number of aromatic nitrogens is 1. The third-order valence-corrected chi connectivity index (χ3v) is 6.91. The zero-order valence-corrected chi connectivity index (χ0v) is 18.8. The van der Waals surface area contributed by atoms with Gasteiger partial charge in [0.15, 0.2) is 0 Å². The van der Waals surface area contributed by atoms with E-state index in [4.69, 9.17) is 0 Å². The van der Waals surface area contributed by atoms with Gasteiger partial charge in [-0.3, -0.25) is 9.59 Å². The molecule has 2 amide bonds. The van der Waals surface area contributed by atoms with Gasteiger partial charge in [-0.1, -0.05) is 52.0 Å². The SMILES string of the molecule is Cc1ncsc1-c1ccc(CNC(=O)[C@@H]2CCCN2C(=O)C(C)C(C)(C)C)cc1. The molecule has 6 heteroatoms. The summed E-state index contributed by atoms with van der Waals surface area (Å²) < 4.78 is 0. The fourth-order valence-corrected chi connectivity index (χ4v) is 4.39. The second kappa shape index (κ2) is 8.66. The van der Waals surface area contributed by atoms with E-state index in [1.807, 2.05) is 31.5 Å². The van der Waals surface area contributed by atoms with Crippen LogP contribution in [0, 0.1) is 18.3 Å². The van der Waals surface area contributed by atoms with Crippen molar-refractivity contribution in [2.24, 2.45) is 11.3 Å². The molecule has 1 fully saturated rings. The summed E-state index contributed by atoms with van der Waals surface area (Å²) in [6.07, 6.45) is 1.61. The molecular weight excluding hydrogens is 382 g/mol. The van der Waals surface area contributed by atoms with E-state index in [2.05, 4.69) is 43.2 Å². The van der Waals surface area contributed by atoms with Gasteiger partial charge in [-0.15, -0.1) is 11.3 Å². The number of benzene rings is 1. The van der Waals surface area contributed by atoms with E-state index >= 15 is 0 Å². The number of nitrogens with one attached hydrogen (secondary N) is 1. The summed E-state index contributed by atoms with van der Waals surface area (Å²) >= 11 is 1.63. The number of amides is 2. The van der Waals surface area contributed by atoms with Gasteiger partial charge in [0.05, 0.1) is 16.1 Å². The lowest BCUT2D eigenvalue weighted by Crippen LogP contribution is -2.49. The van der Waals surface area contributed by atoms with Crippen molar-refractivity contribution in [3.8, 4) is 10.4 Å². The number of hydrogen-bond acceptors (Lipinski definition) is 4. The smallest absolute Gasteiger partial charge is 0.243 e. The first-order chi connectivity index (χ1) is 13.7. The van der Waals surface area contributed by atoms with Gasteiger partial charge in [-0.05, 0) is 36.3 Å². The molecule has 0 bridgehead atoms. The predicted octanol–water partition coefficient (Wildman–Crippen LogP) is 4.41. The second-order valence-electron chi connectivity index (χ2n) is 8.96. The molecule has 2 aromatic rings. The molecule has 5 nitrogen and oxygen atoms in total. The number of thiazole rings is 1. The number of carbonyl (C=O) groups is 2. The van der Waals surface area contributed by atoms with Gasteiger partial charge in [0.25, 0.3) is 0 Å². The molecule has 1 saturated heterocycles. The van der Waals surface area contributed by atoms with Crippen LogP contribution in [0.2, 0.25) is 0 Å². The Morgan fingerprint density at radius 1 is 1.28 bits per heavy atom. The maximum atomic E-state index is 12.9. The summed E-state index contributed by atoms with van der Waals surface area (Å²) in [6, 6.07) is 7.85. The summed E-state index contributed by atoms with van der Waals surface area (Å²) in [7, 11) is 0. The Morgan fingerprint density at radius 3 is 2.55 bits per heavy atom. The standard InChI is InChI=1S/C23H31N3O2S/c1-15(23(3,4)5)22(28)26-12-6-7-19(26)21(27)24-13-17-8-10-18(11-9-17)20-16(2)25-14-29-20/h8-11,14-15,19H,6-7,12-13H2,1-5H3,(H,24,27)/t15?,19-/m0/s1. The molecule has 0 spiro atoms. The third-order valence-electron chi connectivity index (χ3n) is 5.94. The summed E-state index contributed by atoms with van der Waals surface area (Å²) in [5.41, 5.74) is 4.96. The Kier molecular flexibility index (Phi) is 6.42. The van der Waals surface area contributed by atoms with Crippen molar-refractivity contribution in [3.63, 3.8) is 0 Å². The van der Waals surface area contributed by atoms with Crippen LogP contribution in [0.1, 0.15) is 51.8 Å². The van der Waals surface area contributed by atoms with Crippen LogP contribution >= 0.6 is 11.3 Å². The number of aryl methyl sites for hydroxylation is 1. The van der Waals surface area contributed by atoms with Crippen LogP contribution < -0.4 is 5.32 Å². The van der Waals surface area contributed by atoms with Crippen molar-refractivity contribution in [1.82, 2.24) is 15.2 Å². The lowest BCUT2D eigenvalue weighted by Gasteiger charge is -2.32. The van der Waals surface area contributed by atoms with Crippen LogP contribution in [0.4, 0.5) is 0 Å². The van der Waals surface area contributed by atoms with E-state index in [1.54, 1.807) is 16.2 Å². The first kappa shape index (κ1) is 21.5. The molecular formula is C23H31N3O2S. The fraction of sp³-hybridized carbons (Fsp3) is 0.522. The van der Waals surface area contributed by atoms with Gasteiger partial charge in [-0.2, -0.15) is 0 Å². The van der Waals surface area contributed by atoms with Gasteiger partial charge in [0, 0.05) is 19.0 Å². The minimum absolute atomic E-state index is 0.0562. The number of likely N-dealkylation sites (tertiary alicyclic amines) is 1. The molecule has 2 heterocycles. The Morgan fingerprint density at radius 2 is 1.97 bits per heavy atom. The van der Waals surface area contributed by atoms with E-state index in [1.165, 1.54) is 4.88 Å². The zero-order valence-electron chi connectivity index (χ0n) is 18.0. The van der Waals surface area contributed by atoms with Crippen molar-refractivity contribution in [2.45, 2.75) is 60.0 Å². The van der Waals surface area contributed by atoms with Crippen LogP contribution in [0.15, 0.2) is 29.8 Å². The highest BCUT2D eigenvalue weighted by Gasteiger charge is 2.38. The van der Waals surface area contributed by atoms with Crippen molar-refractivity contribution >= 4 is 23.2 Å². The van der Waals surface area contributed by atoms with E-state index in [0.29, 0.717) is 13.1 Å². The Labute approximate surface area is 177 Å². The molecule has 0 aliphatic carbocycles. The Bertz CT molecular complexity index is 867. The number of carbonyl (C=O) groups excluding carboxylic acids is 2. The Balaban J connectivity index is 1.60. The van der Waals surface area contributed by atoms with Crippen molar-refractivity contribution < 1.29 is 9.59 Å². The monoisotopic (exact) mass is 413 g/mol. The van der Waals surface area contributed by atoms with Crippen LogP contribution in [0.5, 0.6) is 0 Å². The molecule has 156 valence electrons. The molecule has 0 radical (unpaired) electrons. The molecule has 29 heavy (non-hydrogen) atoms. The lowest BCUT2D eigenvalue weighted by atomic mass is 9.81. The van der Waals surface area contributed by atoms with Gasteiger partial charge in [0.1, 0.15) is 6.04 Å². The van der Waals surface area contributed by atoms with E-state index in [-0.39, 0.29) is 29.2 Å². The minimum Gasteiger partial charge on any atom is -0.350 e. The second-order valence-corrected chi connectivity index (χ2v) is 9.81. The van der Waals surface area contributed by atoms with Crippen molar-refractivity contribution in [3.05, 3.63) is 41.0 Å². The summed E-state index contributed by atoms with van der Waals surface area (Å²) in [4.78, 5) is 32.9. The van der Waals surface area contributed by atoms with E-state index < -0.39 is 0 Å². The van der Waals surface area contributed by atoms with E-state index in [0.717, 1.165) is 29.7 Å². The average molecular weight is 414 g/mol. The molecule has 1 aromatic heterocycles. The summed E-state index contributed by atoms with van der Waals surface area (Å²) in [6.45, 7) is 11.3. The van der Waals surface area contributed by atoms with E-state index in [9.17, 15) is 9.59 Å². The van der Waals surface area contributed by atoms with Gasteiger partial charge >= 0.3 is 0 Å². The molecule has 1 unspecified atom stereocenters. The van der Waals surface area contributed by atoms with Gasteiger partial charge in [0.2, 0.25) is 11.8 Å². The van der Waals surface area contributed by atoms with Crippen molar-refractivity contribution in [1.29, 1.82) is 0 Å². The van der Waals surface area contributed by atoms with Gasteiger partial charge in [-0.25, -0.2) is 4.98 Å². The van der Waals surface area contributed by atoms with Crippen LogP contribution in [-0.2, 0) is 16.1 Å². The Hall–Kier alpha value is -2.21. The highest BCUT2D eigenvalue weighted by atomic mass is 32.1. The first-order valence-electron chi connectivity index (χ1n) is 10.3. The minimum atomic E-state index is -0.355. The molecule has 1 N–H and O–H groups in total. The number of hydrogen-bond donors (Lipinski definition) is 1. The molecule has 1 aromatic carbocycles. The highest BCUT2D eigenvalue weighted by molar-refractivity contribution is 7.13. The quantitative estimate of drug-likeness (QED) is 0.790. The van der Waals surface area contributed by atoms with Crippen LogP contribution in [-0.4, -0.2) is 34.3 Å². The number of nitrogens with zero attached hydrogens (tertiary/aromatic N) is 2. The molecule has 3 rings (SSSR count).